The van der Waals surface area contributed by atoms with Crippen LogP contribution in [0.1, 0.15) is 17.2 Å². The lowest BCUT2D eigenvalue weighted by molar-refractivity contribution is -0.925. The highest BCUT2D eigenvalue weighted by Crippen LogP contribution is 2.42. The van der Waals surface area contributed by atoms with E-state index in [1.54, 1.807) is 22.6 Å². The van der Waals surface area contributed by atoms with Crippen LogP contribution in [0.15, 0.2) is 84.5 Å². The zero-order valence-corrected chi connectivity index (χ0v) is 20.7. The zero-order chi connectivity index (χ0) is 23.4. The average Bonchev–Trinajstić information content (AvgIpc) is 3.49. The van der Waals surface area contributed by atoms with Gasteiger partial charge in [-0.3, -0.25) is 0 Å². The number of hydrogen-bond donors (Lipinski definition) is 1. The summed E-state index contributed by atoms with van der Waals surface area (Å²) >= 11 is 7.82. The van der Waals surface area contributed by atoms with Crippen LogP contribution in [0.5, 0.6) is 0 Å². The van der Waals surface area contributed by atoms with Gasteiger partial charge < -0.3 is 9.80 Å². The van der Waals surface area contributed by atoms with Gasteiger partial charge in [-0.05, 0) is 28.8 Å². The Labute approximate surface area is 213 Å². The van der Waals surface area contributed by atoms with Crippen molar-refractivity contribution >= 4 is 39.0 Å². The molecular weight excluding hydrogens is 472 g/mol. The molecular formula is C29H24ClN4S+. The van der Waals surface area contributed by atoms with Gasteiger partial charge in [0.2, 0.25) is 0 Å². The van der Waals surface area contributed by atoms with Crippen LogP contribution in [0.3, 0.4) is 0 Å². The molecule has 6 heteroatoms. The van der Waals surface area contributed by atoms with Crippen LogP contribution >= 0.6 is 22.9 Å². The summed E-state index contributed by atoms with van der Waals surface area (Å²) in [5, 5.41) is 4.10. The fraction of sp³-hybridized carbons (Fsp3) is 0.172. The highest BCUT2D eigenvalue weighted by atomic mass is 35.5. The zero-order valence-electron chi connectivity index (χ0n) is 19.1. The first-order valence-electron chi connectivity index (χ1n) is 12.0. The number of thiophene rings is 1. The van der Waals surface area contributed by atoms with Crippen LogP contribution in [0, 0.1) is 0 Å². The second-order valence-electron chi connectivity index (χ2n) is 9.29. The fourth-order valence-electron chi connectivity index (χ4n) is 5.83. The summed E-state index contributed by atoms with van der Waals surface area (Å²) in [5.74, 6) is 1.05. The molecule has 1 saturated heterocycles. The molecule has 4 nitrogen and oxygen atoms in total. The van der Waals surface area contributed by atoms with Crippen molar-refractivity contribution in [2.75, 3.05) is 31.1 Å². The molecule has 0 amide bonds. The SMILES string of the molecule is Clc1ccc(-c2csc3ncnc(N4CC[NH+](C5c6ccccc6-c6ccccc65)CC4)c23)cc1. The minimum absolute atomic E-state index is 0.403. The molecule has 1 aliphatic heterocycles. The standard InChI is InChI=1S/C29H23ClN4S/c30-20-11-9-19(10-12-20)25-17-35-29-26(25)28(31-18-32-29)34-15-13-33(14-16-34)27-23-7-3-1-5-21(23)22-6-2-4-8-24(22)27/h1-12,17-18,27H,13-16H2/p+1. The number of benzene rings is 3. The third-order valence-corrected chi connectivity index (χ3v) is 8.59. The number of nitrogens with one attached hydrogen (secondary N) is 1. The van der Waals surface area contributed by atoms with E-state index in [1.165, 1.54) is 27.8 Å². The summed E-state index contributed by atoms with van der Waals surface area (Å²) in [4.78, 5) is 14.5. The van der Waals surface area contributed by atoms with E-state index in [0.717, 1.165) is 52.8 Å². The maximum atomic E-state index is 6.14. The van der Waals surface area contributed by atoms with Gasteiger partial charge in [0.05, 0.1) is 31.6 Å². The van der Waals surface area contributed by atoms with Gasteiger partial charge in [-0.2, -0.15) is 0 Å². The maximum absolute atomic E-state index is 6.14. The molecule has 0 spiro atoms. The second kappa shape index (κ2) is 8.45. The number of piperazine rings is 1. The number of halogens is 1. The monoisotopic (exact) mass is 495 g/mol. The molecule has 2 aliphatic rings. The Bertz CT molecular complexity index is 1490. The van der Waals surface area contributed by atoms with Crippen LogP contribution < -0.4 is 9.80 Å². The van der Waals surface area contributed by atoms with Crippen molar-refractivity contribution in [1.82, 2.24) is 9.97 Å². The third kappa shape index (κ3) is 3.46. The number of rotatable bonds is 3. The number of hydrogen-bond acceptors (Lipinski definition) is 4. The molecule has 3 heterocycles. The van der Waals surface area contributed by atoms with Crippen molar-refractivity contribution in [2.45, 2.75) is 6.04 Å². The summed E-state index contributed by atoms with van der Waals surface area (Å²) in [6.07, 6.45) is 1.71. The molecule has 0 unspecified atom stereocenters. The van der Waals surface area contributed by atoms with Gasteiger partial charge in [-0.1, -0.05) is 72.3 Å². The molecule has 172 valence electrons. The van der Waals surface area contributed by atoms with Crippen molar-refractivity contribution in [2.24, 2.45) is 0 Å². The number of fused-ring (bicyclic) bond motifs is 4. The molecule has 2 aromatic heterocycles. The number of quaternary nitrogens is 1. The van der Waals surface area contributed by atoms with Gasteiger partial charge in [0.1, 0.15) is 23.0 Å². The average molecular weight is 496 g/mol. The molecule has 3 aromatic carbocycles. The summed E-state index contributed by atoms with van der Waals surface area (Å²) in [5.41, 5.74) is 8.05. The summed E-state index contributed by atoms with van der Waals surface area (Å²) < 4.78 is 0. The van der Waals surface area contributed by atoms with Crippen molar-refractivity contribution in [3.8, 4) is 22.3 Å². The van der Waals surface area contributed by atoms with Crippen molar-refractivity contribution in [3.63, 3.8) is 0 Å². The van der Waals surface area contributed by atoms with E-state index in [9.17, 15) is 0 Å². The highest BCUT2D eigenvalue weighted by Gasteiger charge is 2.37. The Morgan fingerprint density at radius 3 is 2.14 bits per heavy atom. The lowest BCUT2D eigenvalue weighted by atomic mass is 10.0. The van der Waals surface area contributed by atoms with Gasteiger partial charge in [0, 0.05) is 27.1 Å². The Kier molecular flexibility index (Phi) is 5.09. The first-order chi connectivity index (χ1) is 17.3. The van der Waals surface area contributed by atoms with Gasteiger partial charge in [0.25, 0.3) is 0 Å². The van der Waals surface area contributed by atoms with E-state index in [-0.39, 0.29) is 0 Å². The number of nitrogens with zero attached hydrogens (tertiary/aromatic N) is 3. The normalized spacial score (nSPS) is 16.0. The molecule has 0 saturated carbocycles. The molecule has 1 aliphatic carbocycles. The summed E-state index contributed by atoms with van der Waals surface area (Å²) in [6, 6.07) is 26.3. The summed E-state index contributed by atoms with van der Waals surface area (Å²) in [6.45, 7) is 4.08. The van der Waals surface area contributed by atoms with E-state index in [0.29, 0.717) is 6.04 Å². The maximum Gasteiger partial charge on any atom is 0.141 e. The van der Waals surface area contributed by atoms with E-state index in [2.05, 4.69) is 75.9 Å². The fourth-order valence-corrected chi connectivity index (χ4v) is 6.87. The topological polar surface area (TPSA) is 33.5 Å². The van der Waals surface area contributed by atoms with Crippen LogP contribution in [-0.2, 0) is 0 Å². The van der Waals surface area contributed by atoms with Crippen LogP contribution in [-0.4, -0.2) is 36.1 Å². The van der Waals surface area contributed by atoms with Crippen molar-refractivity contribution in [3.05, 3.63) is 101 Å². The van der Waals surface area contributed by atoms with Gasteiger partial charge >= 0.3 is 0 Å². The predicted molar refractivity (Wildman–Crippen MR) is 144 cm³/mol. The quantitative estimate of drug-likeness (QED) is 0.359. The Morgan fingerprint density at radius 2 is 1.46 bits per heavy atom. The lowest BCUT2D eigenvalue weighted by Gasteiger charge is -2.36. The summed E-state index contributed by atoms with van der Waals surface area (Å²) in [7, 11) is 0. The van der Waals surface area contributed by atoms with E-state index in [1.807, 2.05) is 12.1 Å². The minimum Gasteiger partial charge on any atom is -0.345 e. The molecule has 1 fully saturated rings. The molecule has 1 N–H and O–H groups in total. The predicted octanol–water partition coefficient (Wildman–Crippen LogP) is 5.49. The molecule has 0 radical (unpaired) electrons. The molecule has 0 atom stereocenters. The van der Waals surface area contributed by atoms with E-state index < -0.39 is 0 Å². The molecule has 7 rings (SSSR count). The molecule has 5 aromatic rings. The largest absolute Gasteiger partial charge is 0.345 e. The Balaban J connectivity index is 1.20. The second-order valence-corrected chi connectivity index (χ2v) is 10.6. The Morgan fingerprint density at radius 1 is 0.800 bits per heavy atom. The Hall–Kier alpha value is -3.25. The van der Waals surface area contributed by atoms with Crippen LogP contribution in [0.25, 0.3) is 32.5 Å². The van der Waals surface area contributed by atoms with Crippen LogP contribution in [0.2, 0.25) is 5.02 Å². The van der Waals surface area contributed by atoms with E-state index >= 15 is 0 Å². The first kappa shape index (κ1) is 21.1. The third-order valence-electron chi connectivity index (χ3n) is 7.45. The minimum atomic E-state index is 0.403. The highest BCUT2D eigenvalue weighted by molar-refractivity contribution is 7.17. The number of aromatic nitrogens is 2. The number of anilines is 1. The van der Waals surface area contributed by atoms with Crippen LogP contribution in [0.4, 0.5) is 5.82 Å². The first-order valence-corrected chi connectivity index (χ1v) is 13.3. The van der Waals surface area contributed by atoms with Crippen molar-refractivity contribution in [1.29, 1.82) is 0 Å². The smallest absolute Gasteiger partial charge is 0.141 e. The molecule has 35 heavy (non-hydrogen) atoms. The lowest BCUT2D eigenvalue weighted by Crippen LogP contribution is -3.15. The van der Waals surface area contributed by atoms with Crippen molar-refractivity contribution < 1.29 is 4.90 Å². The molecule has 0 bridgehead atoms. The van der Waals surface area contributed by atoms with Gasteiger partial charge in [-0.15, -0.1) is 11.3 Å². The van der Waals surface area contributed by atoms with Gasteiger partial charge in [0.15, 0.2) is 0 Å². The van der Waals surface area contributed by atoms with Gasteiger partial charge in [-0.25, -0.2) is 9.97 Å². The van der Waals surface area contributed by atoms with E-state index in [4.69, 9.17) is 16.6 Å².